The van der Waals surface area contributed by atoms with Gasteiger partial charge in [-0.25, -0.2) is 9.98 Å². The fourth-order valence-electron chi connectivity index (χ4n) is 2.49. The van der Waals surface area contributed by atoms with Gasteiger partial charge in [0, 0.05) is 18.2 Å². The number of aliphatic imine (C=N–C) groups is 3. The maximum atomic E-state index is 4.63. The Morgan fingerprint density at radius 1 is 0.923 bits per heavy atom. The topological polar surface area (TPSA) is 37.1 Å². The van der Waals surface area contributed by atoms with E-state index < -0.39 is 0 Å². The summed E-state index contributed by atoms with van der Waals surface area (Å²) in [6, 6.07) is 17.9. The Labute approximate surface area is 155 Å². The first-order valence-corrected chi connectivity index (χ1v) is 8.37. The molecule has 0 saturated heterocycles. The van der Waals surface area contributed by atoms with Crippen LogP contribution in [0.25, 0.3) is 5.57 Å². The van der Waals surface area contributed by atoms with Crippen molar-refractivity contribution in [2.24, 2.45) is 15.0 Å². The van der Waals surface area contributed by atoms with Crippen molar-refractivity contribution < 1.29 is 0 Å². The second-order valence-electron chi connectivity index (χ2n) is 5.43. The van der Waals surface area contributed by atoms with Crippen molar-refractivity contribution in [3.8, 4) is 0 Å². The summed E-state index contributed by atoms with van der Waals surface area (Å²) >= 11 is 0. The van der Waals surface area contributed by atoms with E-state index in [2.05, 4.69) is 46.5 Å². The van der Waals surface area contributed by atoms with Gasteiger partial charge in [0.05, 0.1) is 0 Å². The molecule has 0 unspecified atom stereocenters. The molecule has 0 bridgehead atoms. The molecule has 0 spiro atoms. The van der Waals surface area contributed by atoms with E-state index in [4.69, 9.17) is 0 Å². The number of hydrogen-bond acceptors (Lipinski definition) is 1. The third-order valence-electron chi connectivity index (χ3n) is 3.78. The quantitative estimate of drug-likeness (QED) is 0.399. The fraction of sp³-hybridized carbons (Fsp3) is 0.0870. The zero-order valence-corrected chi connectivity index (χ0v) is 15.3. The van der Waals surface area contributed by atoms with Crippen molar-refractivity contribution in [1.82, 2.24) is 0 Å². The Hall–Kier alpha value is -3.33. The van der Waals surface area contributed by atoms with Crippen molar-refractivity contribution in [2.45, 2.75) is 6.92 Å². The van der Waals surface area contributed by atoms with Crippen LogP contribution in [0.2, 0.25) is 0 Å². The average molecular weight is 341 g/mol. The van der Waals surface area contributed by atoms with Gasteiger partial charge in [-0.15, -0.1) is 0 Å². The van der Waals surface area contributed by atoms with Crippen LogP contribution in [0.3, 0.4) is 0 Å². The first kappa shape index (κ1) is 19.0. The maximum Gasteiger partial charge on any atom is 0.161 e. The fourth-order valence-corrected chi connectivity index (χ4v) is 2.49. The molecule has 0 amide bonds. The SMILES string of the molecule is C=C/C=C\C(=C/C)c1cccc(/C(N=C)=N/C(=N\C)c2ccccc2)c1. The van der Waals surface area contributed by atoms with Gasteiger partial charge in [-0.3, -0.25) is 4.99 Å². The molecule has 0 saturated carbocycles. The van der Waals surface area contributed by atoms with Gasteiger partial charge in [0.15, 0.2) is 11.7 Å². The lowest BCUT2D eigenvalue weighted by Gasteiger charge is -2.07. The predicted octanol–water partition coefficient (Wildman–Crippen LogP) is 5.36. The summed E-state index contributed by atoms with van der Waals surface area (Å²) in [7, 11) is 1.72. The third kappa shape index (κ3) is 4.84. The van der Waals surface area contributed by atoms with E-state index in [0.717, 1.165) is 22.3 Å². The minimum atomic E-state index is 0.541. The first-order chi connectivity index (χ1) is 12.7. The highest BCUT2D eigenvalue weighted by Crippen LogP contribution is 2.18. The second kappa shape index (κ2) is 9.84. The van der Waals surface area contributed by atoms with E-state index in [1.165, 1.54) is 0 Å². The Balaban J connectivity index is 2.44. The van der Waals surface area contributed by atoms with Crippen LogP contribution >= 0.6 is 0 Å². The van der Waals surface area contributed by atoms with Crippen LogP contribution in [0.1, 0.15) is 23.6 Å². The van der Waals surface area contributed by atoms with Gasteiger partial charge in [0.25, 0.3) is 0 Å². The van der Waals surface area contributed by atoms with Crippen LogP contribution in [-0.4, -0.2) is 25.4 Å². The van der Waals surface area contributed by atoms with Gasteiger partial charge in [-0.2, -0.15) is 0 Å². The molecule has 0 radical (unpaired) electrons. The molecular weight excluding hydrogens is 318 g/mol. The molecular formula is C23H23N3. The van der Waals surface area contributed by atoms with Crippen LogP contribution in [-0.2, 0) is 0 Å². The van der Waals surface area contributed by atoms with Gasteiger partial charge in [0.2, 0.25) is 0 Å². The summed E-state index contributed by atoms with van der Waals surface area (Å²) in [5.41, 5.74) is 4.01. The predicted molar refractivity (Wildman–Crippen MR) is 114 cm³/mol. The van der Waals surface area contributed by atoms with E-state index in [1.807, 2.05) is 61.5 Å². The van der Waals surface area contributed by atoms with Crippen LogP contribution in [0.15, 0.2) is 100 Å². The number of allylic oxidation sites excluding steroid dienone is 5. The van der Waals surface area contributed by atoms with Crippen molar-refractivity contribution in [3.63, 3.8) is 0 Å². The normalized spacial score (nSPS) is 13.1. The van der Waals surface area contributed by atoms with Crippen LogP contribution in [0, 0.1) is 0 Å². The van der Waals surface area contributed by atoms with Gasteiger partial charge in [0.1, 0.15) is 0 Å². The van der Waals surface area contributed by atoms with E-state index in [9.17, 15) is 0 Å². The van der Waals surface area contributed by atoms with Gasteiger partial charge < -0.3 is 0 Å². The van der Waals surface area contributed by atoms with Gasteiger partial charge in [-0.05, 0) is 30.8 Å². The number of rotatable bonds is 5. The highest BCUT2D eigenvalue weighted by molar-refractivity contribution is 6.12. The van der Waals surface area contributed by atoms with E-state index in [1.54, 1.807) is 13.1 Å². The molecule has 0 aliphatic heterocycles. The van der Waals surface area contributed by atoms with Crippen LogP contribution < -0.4 is 0 Å². The largest absolute Gasteiger partial charge is 0.270 e. The number of benzene rings is 2. The molecule has 0 N–H and O–H groups in total. The van der Waals surface area contributed by atoms with E-state index in [0.29, 0.717) is 11.7 Å². The van der Waals surface area contributed by atoms with E-state index >= 15 is 0 Å². The van der Waals surface area contributed by atoms with Gasteiger partial charge in [-0.1, -0.05) is 79.4 Å². The third-order valence-corrected chi connectivity index (χ3v) is 3.78. The zero-order chi connectivity index (χ0) is 18.8. The highest BCUT2D eigenvalue weighted by atomic mass is 15.0. The standard InChI is InChI=1S/C23H23N3/c1-5-7-12-18(6-2)20-15-11-16-21(17-20)23(25-4)26-22(24-3)19-13-9-8-10-14-19/h5-17H,1,4H2,2-3H3/b12-7-,18-6+,24-22-,26-23-. The molecule has 0 aliphatic rings. The molecule has 0 aromatic heterocycles. The molecule has 2 aromatic carbocycles. The molecule has 26 heavy (non-hydrogen) atoms. The van der Waals surface area contributed by atoms with E-state index in [-0.39, 0.29) is 0 Å². The molecule has 0 fully saturated rings. The molecule has 0 heterocycles. The molecule has 0 atom stereocenters. The minimum absolute atomic E-state index is 0.541. The zero-order valence-electron chi connectivity index (χ0n) is 15.3. The lowest BCUT2D eigenvalue weighted by molar-refractivity contribution is 1.37. The molecule has 2 rings (SSSR count). The average Bonchev–Trinajstić information content (AvgIpc) is 2.70. The molecule has 3 nitrogen and oxygen atoms in total. The summed E-state index contributed by atoms with van der Waals surface area (Å²) < 4.78 is 0. The van der Waals surface area contributed by atoms with Crippen molar-refractivity contribution in [3.05, 3.63) is 102 Å². The summed E-state index contributed by atoms with van der Waals surface area (Å²) in [6.07, 6.45) is 7.75. The summed E-state index contributed by atoms with van der Waals surface area (Å²) in [6.45, 7) is 9.41. The lowest BCUT2D eigenvalue weighted by atomic mass is 10.0. The van der Waals surface area contributed by atoms with Crippen molar-refractivity contribution in [1.29, 1.82) is 0 Å². The first-order valence-electron chi connectivity index (χ1n) is 8.37. The maximum absolute atomic E-state index is 4.63. The lowest BCUT2D eigenvalue weighted by Crippen LogP contribution is -2.05. The highest BCUT2D eigenvalue weighted by Gasteiger charge is 2.07. The van der Waals surface area contributed by atoms with Crippen LogP contribution in [0.4, 0.5) is 0 Å². The molecule has 2 aromatic rings. The van der Waals surface area contributed by atoms with Gasteiger partial charge >= 0.3 is 0 Å². The Kier molecular flexibility index (Phi) is 7.19. The number of amidine groups is 2. The molecule has 130 valence electrons. The number of nitrogens with zero attached hydrogens (tertiary/aromatic N) is 3. The number of hydrogen-bond donors (Lipinski definition) is 0. The smallest absolute Gasteiger partial charge is 0.161 e. The van der Waals surface area contributed by atoms with Crippen molar-refractivity contribution >= 4 is 24.0 Å². The summed E-state index contributed by atoms with van der Waals surface area (Å²) in [5, 5.41) is 0. The molecule has 0 aliphatic carbocycles. The summed E-state index contributed by atoms with van der Waals surface area (Å²) in [4.78, 5) is 13.0. The minimum Gasteiger partial charge on any atom is -0.270 e. The van der Waals surface area contributed by atoms with Crippen LogP contribution in [0.5, 0.6) is 0 Å². The van der Waals surface area contributed by atoms with Crippen molar-refractivity contribution in [2.75, 3.05) is 7.05 Å². The Bertz CT molecular complexity index is 885. The summed E-state index contributed by atoms with van der Waals surface area (Å²) in [5.74, 6) is 1.16. The molecule has 3 heteroatoms. The Morgan fingerprint density at radius 2 is 1.62 bits per heavy atom. The Morgan fingerprint density at radius 3 is 2.23 bits per heavy atom. The second-order valence-corrected chi connectivity index (χ2v) is 5.43. The monoisotopic (exact) mass is 341 g/mol.